The summed E-state index contributed by atoms with van der Waals surface area (Å²) in [5.41, 5.74) is 0.583. The van der Waals surface area contributed by atoms with Crippen molar-refractivity contribution in [2.24, 2.45) is 4.99 Å². The van der Waals surface area contributed by atoms with E-state index in [1.807, 2.05) is 0 Å². The number of rotatable bonds is 5. The van der Waals surface area contributed by atoms with Gasteiger partial charge >= 0.3 is 5.79 Å². The molecule has 1 radical (unpaired) electrons. The SMILES string of the molecule is O=c1ccoc(C2=C(C3(c4nnnc(C5C=CO[C]=N5)c4-c4nccnn4)OC=CCO3)OOC=C2)c1. The highest BCUT2D eigenvalue weighted by Gasteiger charge is 2.52. The summed E-state index contributed by atoms with van der Waals surface area (Å²) in [5.74, 6) is -1.66. The third kappa shape index (κ3) is 4.00. The topological polar surface area (TPSA) is 166 Å². The van der Waals surface area contributed by atoms with E-state index in [-0.39, 0.29) is 51.9 Å². The number of aromatic nitrogens is 6. The summed E-state index contributed by atoms with van der Waals surface area (Å²) in [5, 5.41) is 20.5. The Morgan fingerprint density at radius 2 is 2.08 bits per heavy atom. The van der Waals surface area contributed by atoms with Crippen molar-refractivity contribution in [3.63, 3.8) is 0 Å². The Bertz CT molecular complexity index is 1520. The zero-order valence-corrected chi connectivity index (χ0v) is 18.6. The van der Waals surface area contributed by atoms with Gasteiger partial charge in [-0.2, -0.15) is 5.10 Å². The van der Waals surface area contributed by atoms with E-state index in [1.165, 1.54) is 55.7 Å². The third-order valence-corrected chi connectivity index (χ3v) is 5.31. The van der Waals surface area contributed by atoms with Gasteiger partial charge in [-0.25, -0.2) is 9.98 Å². The fraction of sp³-hybridized carbons (Fsp3) is 0.130. The summed E-state index contributed by atoms with van der Waals surface area (Å²) in [6.45, 7) is 0.0817. The number of hydrogen-bond donors (Lipinski definition) is 0. The maximum absolute atomic E-state index is 12.1. The molecule has 0 saturated heterocycles. The van der Waals surface area contributed by atoms with Crippen molar-refractivity contribution in [3.05, 3.63) is 101 Å². The molecular weight excluding hydrogens is 486 g/mol. The lowest BCUT2D eigenvalue weighted by Crippen LogP contribution is -2.40. The van der Waals surface area contributed by atoms with Gasteiger partial charge in [0.1, 0.15) is 23.8 Å². The van der Waals surface area contributed by atoms with Crippen LogP contribution in [0.1, 0.15) is 23.2 Å². The molecule has 14 nitrogen and oxygen atoms in total. The third-order valence-electron chi connectivity index (χ3n) is 5.31. The quantitative estimate of drug-likeness (QED) is 0.466. The molecule has 0 saturated carbocycles. The fourth-order valence-corrected chi connectivity index (χ4v) is 3.76. The van der Waals surface area contributed by atoms with Gasteiger partial charge < -0.3 is 18.6 Å². The lowest BCUT2D eigenvalue weighted by Gasteiger charge is -2.36. The Morgan fingerprint density at radius 3 is 2.86 bits per heavy atom. The Morgan fingerprint density at radius 1 is 1.11 bits per heavy atom. The largest absolute Gasteiger partial charge is 0.464 e. The van der Waals surface area contributed by atoms with Gasteiger partial charge in [0.25, 0.3) is 6.40 Å². The highest BCUT2D eigenvalue weighted by molar-refractivity contribution is 5.75. The standard InChI is InChI=1S/C23H14N7O7/c31-14-2-10-33-17(12-14)15-3-11-36-37-21(15)23(34-7-1-8-35-23)20-18(22-24-5-6-26-29-22)19(27-30-28-20)16-4-9-32-13-25-16/h1-7,9-12,16H,8H2. The van der Waals surface area contributed by atoms with Crippen molar-refractivity contribution in [1.29, 1.82) is 0 Å². The second kappa shape index (κ2) is 9.43. The van der Waals surface area contributed by atoms with Gasteiger partial charge in [-0.3, -0.25) is 14.6 Å². The average molecular weight is 500 g/mol. The van der Waals surface area contributed by atoms with Crippen molar-refractivity contribution in [2.75, 3.05) is 6.61 Å². The molecule has 0 fully saturated rings. The Kier molecular flexibility index (Phi) is 5.67. The second-order valence-corrected chi connectivity index (χ2v) is 7.45. The molecule has 3 aliphatic heterocycles. The first-order valence-electron chi connectivity index (χ1n) is 10.7. The van der Waals surface area contributed by atoms with Gasteiger partial charge in [0, 0.05) is 18.3 Å². The van der Waals surface area contributed by atoms with Crippen LogP contribution in [0.4, 0.5) is 0 Å². The van der Waals surface area contributed by atoms with Crippen LogP contribution in [0.25, 0.3) is 17.0 Å². The van der Waals surface area contributed by atoms with Crippen molar-refractivity contribution in [2.45, 2.75) is 11.8 Å². The highest BCUT2D eigenvalue weighted by atomic mass is 17.2. The Hall–Kier alpha value is -5.24. The summed E-state index contributed by atoms with van der Waals surface area (Å²) in [6, 6.07) is 1.88. The molecule has 3 aromatic rings. The molecule has 0 aliphatic carbocycles. The molecule has 0 bridgehead atoms. The van der Waals surface area contributed by atoms with E-state index in [0.717, 1.165) is 0 Å². The molecule has 0 aromatic carbocycles. The number of ether oxygens (including phenoxy) is 3. The molecule has 2 atom stereocenters. The molecular formula is C23H14N7O7. The molecule has 3 aliphatic rings. The van der Waals surface area contributed by atoms with E-state index >= 15 is 0 Å². The maximum Gasteiger partial charge on any atom is 0.322 e. The molecule has 6 heterocycles. The molecule has 2 unspecified atom stereocenters. The van der Waals surface area contributed by atoms with E-state index in [4.69, 9.17) is 28.4 Å². The summed E-state index contributed by atoms with van der Waals surface area (Å²) in [7, 11) is 0. The van der Waals surface area contributed by atoms with Gasteiger partial charge in [0.15, 0.2) is 16.9 Å². The zero-order valence-electron chi connectivity index (χ0n) is 18.6. The predicted octanol–water partition coefficient (Wildman–Crippen LogP) is 1.77. The van der Waals surface area contributed by atoms with Crippen molar-refractivity contribution in [1.82, 2.24) is 30.6 Å². The summed E-state index contributed by atoms with van der Waals surface area (Å²) >= 11 is 0. The van der Waals surface area contributed by atoms with Crippen LogP contribution in [-0.2, 0) is 29.8 Å². The van der Waals surface area contributed by atoms with E-state index in [0.29, 0.717) is 0 Å². The van der Waals surface area contributed by atoms with Gasteiger partial charge in [-0.05, 0) is 23.4 Å². The first-order chi connectivity index (χ1) is 18.3. The number of nitrogens with zero attached hydrogens (tertiary/aromatic N) is 7. The average Bonchev–Trinajstić information content (AvgIpc) is 2.98. The summed E-state index contributed by atoms with van der Waals surface area (Å²) in [6.07, 6.45) is 15.4. The van der Waals surface area contributed by atoms with Crippen LogP contribution in [0.3, 0.4) is 0 Å². The zero-order chi connectivity index (χ0) is 25.1. The Balaban J connectivity index is 1.65. The number of allylic oxidation sites excluding steroid dienone is 2. The normalized spacial score (nSPS) is 22.1. The van der Waals surface area contributed by atoms with Crippen molar-refractivity contribution in [3.8, 4) is 11.4 Å². The molecule has 37 heavy (non-hydrogen) atoms. The van der Waals surface area contributed by atoms with E-state index in [2.05, 4.69) is 42.0 Å². The molecule has 14 heteroatoms. The first-order valence-corrected chi connectivity index (χ1v) is 10.7. The predicted molar refractivity (Wildman–Crippen MR) is 120 cm³/mol. The van der Waals surface area contributed by atoms with Gasteiger partial charge in [0.05, 0.1) is 42.7 Å². The minimum Gasteiger partial charge on any atom is -0.464 e. The number of aliphatic imine (C=N–C) groups is 1. The van der Waals surface area contributed by atoms with Crippen LogP contribution < -0.4 is 5.43 Å². The first kappa shape index (κ1) is 22.2. The molecule has 6 rings (SSSR count). The van der Waals surface area contributed by atoms with Crippen LogP contribution in [-0.4, -0.2) is 43.6 Å². The molecule has 183 valence electrons. The van der Waals surface area contributed by atoms with E-state index in [1.54, 1.807) is 12.2 Å². The van der Waals surface area contributed by atoms with Crippen LogP contribution in [0, 0.1) is 0 Å². The summed E-state index contributed by atoms with van der Waals surface area (Å²) < 4.78 is 22.8. The minimum atomic E-state index is -1.91. The molecule has 0 amide bonds. The van der Waals surface area contributed by atoms with E-state index < -0.39 is 11.8 Å². The summed E-state index contributed by atoms with van der Waals surface area (Å²) in [4.78, 5) is 31.4. The minimum absolute atomic E-state index is 0.0390. The fourth-order valence-electron chi connectivity index (χ4n) is 3.76. The van der Waals surface area contributed by atoms with Crippen LogP contribution >= 0.6 is 0 Å². The lowest BCUT2D eigenvalue weighted by molar-refractivity contribution is -0.293. The lowest BCUT2D eigenvalue weighted by atomic mass is 9.95. The van der Waals surface area contributed by atoms with Gasteiger partial charge in [0.2, 0.25) is 5.76 Å². The molecule has 0 N–H and O–H groups in total. The van der Waals surface area contributed by atoms with Gasteiger partial charge in [-0.15, -0.1) is 15.3 Å². The number of hydrogen-bond acceptors (Lipinski definition) is 14. The monoisotopic (exact) mass is 500 g/mol. The highest BCUT2D eigenvalue weighted by Crippen LogP contribution is 2.46. The maximum atomic E-state index is 12.1. The van der Waals surface area contributed by atoms with Gasteiger partial charge in [-0.1, -0.05) is 0 Å². The van der Waals surface area contributed by atoms with Crippen LogP contribution in [0.15, 0.2) is 87.8 Å². The second-order valence-electron chi connectivity index (χ2n) is 7.45. The smallest absolute Gasteiger partial charge is 0.322 e. The van der Waals surface area contributed by atoms with Crippen LogP contribution in [0.5, 0.6) is 0 Å². The van der Waals surface area contributed by atoms with Crippen molar-refractivity contribution >= 4 is 12.0 Å². The molecule has 3 aromatic heterocycles. The van der Waals surface area contributed by atoms with Crippen LogP contribution in [0.2, 0.25) is 0 Å². The Labute approximate surface area is 207 Å². The van der Waals surface area contributed by atoms with E-state index in [9.17, 15) is 4.79 Å². The van der Waals surface area contributed by atoms with Crippen molar-refractivity contribution < 1.29 is 28.4 Å². The molecule has 0 spiro atoms.